The quantitative estimate of drug-likeness (QED) is 0.411. The third-order valence-corrected chi connectivity index (χ3v) is 6.68. The molecule has 1 aromatic rings. The van der Waals surface area contributed by atoms with Crippen LogP contribution in [0.5, 0.6) is 0 Å². The fourth-order valence-corrected chi connectivity index (χ4v) is 4.02. The molecule has 6 nitrogen and oxygen atoms in total. The lowest BCUT2D eigenvalue weighted by Gasteiger charge is -2.39. The van der Waals surface area contributed by atoms with E-state index >= 15 is 0 Å². The molecule has 0 amide bonds. The van der Waals surface area contributed by atoms with E-state index in [0.29, 0.717) is 37.7 Å². The molecule has 1 heterocycles. The van der Waals surface area contributed by atoms with Crippen molar-refractivity contribution in [2.75, 3.05) is 25.4 Å². The monoisotopic (exact) mass is 476 g/mol. The second-order valence-corrected chi connectivity index (χ2v) is 9.23. The van der Waals surface area contributed by atoms with Gasteiger partial charge in [-0.15, -0.1) is 24.0 Å². The molecule has 1 N–H and O–H groups in total. The standard InChI is InChI=1S/C17H24N4O2S.HI/c1-4-19-16(20-12-15-7-5-6-14(10-15)11-18)21-8-9-24(22,23)17(2,3)13-21;/h5-7,10H,4,8-9,12-13H2,1-3H3,(H,19,20);1H. The minimum absolute atomic E-state index is 0. The van der Waals surface area contributed by atoms with E-state index in [-0.39, 0.29) is 29.7 Å². The summed E-state index contributed by atoms with van der Waals surface area (Å²) in [5.41, 5.74) is 1.56. The maximum absolute atomic E-state index is 12.2. The summed E-state index contributed by atoms with van der Waals surface area (Å²) in [6.45, 7) is 7.51. The van der Waals surface area contributed by atoms with E-state index in [0.717, 1.165) is 5.56 Å². The van der Waals surface area contributed by atoms with Crippen LogP contribution in [-0.2, 0) is 16.4 Å². The molecule has 0 aliphatic carbocycles. The molecule has 1 saturated heterocycles. The van der Waals surface area contributed by atoms with Crippen LogP contribution < -0.4 is 5.32 Å². The summed E-state index contributed by atoms with van der Waals surface area (Å²) in [5, 5.41) is 12.2. The second kappa shape index (κ2) is 8.85. The number of sulfone groups is 1. The van der Waals surface area contributed by atoms with Gasteiger partial charge in [-0.3, -0.25) is 0 Å². The zero-order valence-electron chi connectivity index (χ0n) is 14.8. The Hall–Kier alpha value is -1.34. The molecule has 0 unspecified atom stereocenters. The molecule has 0 radical (unpaired) electrons. The third-order valence-electron chi connectivity index (χ3n) is 4.15. The lowest BCUT2D eigenvalue weighted by molar-refractivity contribution is 0.353. The van der Waals surface area contributed by atoms with Crippen LogP contribution in [0.1, 0.15) is 31.9 Å². The molecule has 1 aliphatic rings. The van der Waals surface area contributed by atoms with Gasteiger partial charge in [0.15, 0.2) is 15.8 Å². The maximum Gasteiger partial charge on any atom is 0.194 e. The van der Waals surface area contributed by atoms with Crippen molar-refractivity contribution < 1.29 is 8.42 Å². The van der Waals surface area contributed by atoms with Crippen molar-refractivity contribution in [2.45, 2.75) is 32.1 Å². The van der Waals surface area contributed by atoms with E-state index in [1.165, 1.54) is 0 Å². The predicted molar refractivity (Wildman–Crippen MR) is 111 cm³/mol. The molecule has 1 aliphatic heterocycles. The Kier molecular flexibility index (Phi) is 7.68. The number of nitriles is 1. The highest BCUT2D eigenvalue weighted by Gasteiger charge is 2.40. The first kappa shape index (κ1) is 21.7. The average molecular weight is 476 g/mol. The number of aliphatic imine (C=N–C) groups is 1. The largest absolute Gasteiger partial charge is 0.357 e. The van der Waals surface area contributed by atoms with Crippen LogP contribution in [-0.4, -0.2) is 49.4 Å². The Morgan fingerprint density at radius 2 is 2.16 bits per heavy atom. The van der Waals surface area contributed by atoms with Gasteiger partial charge in [0.1, 0.15) is 0 Å². The van der Waals surface area contributed by atoms with Gasteiger partial charge >= 0.3 is 0 Å². The van der Waals surface area contributed by atoms with Gasteiger partial charge in [-0.25, -0.2) is 13.4 Å². The smallest absolute Gasteiger partial charge is 0.194 e. The first-order valence-corrected chi connectivity index (χ1v) is 9.69. The van der Waals surface area contributed by atoms with Gasteiger partial charge in [0.05, 0.1) is 28.7 Å². The molecule has 2 rings (SSSR count). The highest BCUT2D eigenvalue weighted by molar-refractivity contribution is 14.0. The van der Waals surface area contributed by atoms with Gasteiger partial charge < -0.3 is 10.2 Å². The number of halogens is 1. The Balaban J connectivity index is 0.00000312. The first-order chi connectivity index (χ1) is 11.3. The minimum Gasteiger partial charge on any atom is -0.357 e. The molecular weight excluding hydrogens is 451 g/mol. The Morgan fingerprint density at radius 1 is 1.44 bits per heavy atom. The van der Waals surface area contributed by atoms with Crippen molar-refractivity contribution in [3.05, 3.63) is 35.4 Å². The van der Waals surface area contributed by atoms with Crippen LogP contribution in [0.2, 0.25) is 0 Å². The summed E-state index contributed by atoms with van der Waals surface area (Å²) in [6.07, 6.45) is 0. The van der Waals surface area contributed by atoms with Crippen molar-refractivity contribution in [3.63, 3.8) is 0 Å². The lowest BCUT2D eigenvalue weighted by Crippen LogP contribution is -2.57. The molecule has 1 aromatic carbocycles. The van der Waals surface area contributed by atoms with E-state index in [1.54, 1.807) is 19.9 Å². The summed E-state index contributed by atoms with van der Waals surface area (Å²) in [5.74, 6) is 0.844. The molecule has 25 heavy (non-hydrogen) atoms. The van der Waals surface area contributed by atoms with E-state index < -0.39 is 14.6 Å². The van der Waals surface area contributed by atoms with Gasteiger partial charge in [-0.05, 0) is 38.5 Å². The number of rotatable bonds is 3. The Labute approximate surface area is 167 Å². The summed E-state index contributed by atoms with van der Waals surface area (Å²) in [6, 6.07) is 9.47. The number of hydrogen-bond acceptors (Lipinski definition) is 4. The zero-order valence-corrected chi connectivity index (χ0v) is 18.0. The van der Waals surface area contributed by atoms with Gasteiger partial charge in [-0.1, -0.05) is 12.1 Å². The van der Waals surface area contributed by atoms with Gasteiger partial charge in [0, 0.05) is 19.6 Å². The van der Waals surface area contributed by atoms with Crippen LogP contribution >= 0.6 is 24.0 Å². The fourth-order valence-electron chi connectivity index (χ4n) is 2.66. The molecule has 8 heteroatoms. The number of hydrogen-bond donors (Lipinski definition) is 1. The highest BCUT2D eigenvalue weighted by Crippen LogP contribution is 2.23. The number of guanidine groups is 1. The molecule has 0 bridgehead atoms. The SMILES string of the molecule is CCNC(=NCc1cccc(C#N)c1)N1CCS(=O)(=O)C(C)(C)C1.I. The molecule has 0 aromatic heterocycles. The van der Waals surface area contributed by atoms with E-state index in [4.69, 9.17) is 5.26 Å². The molecule has 0 spiro atoms. The van der Waals surface area contributed by atoms with E-state index in [9.17, 15) is 8.42 Å². The lowest BCUT2D eigenvalue weighted by atomic mass is 10.1. The summed E-state index contributed by atoms with van der Waals surface area (Å²) in [4.78, 5) is 6.62. The van der Waals surface area contributed by atoms with Crippen molar-refractivity contribution >= 4 is 39.8 Å². The third kappa shape index (κ3) is 5.31. The second-order valence-electron chi connectivity index (χ2n) is 6.48. The van der Waals surface area contributed by atoms with Gasteiger partial charge in [0.25, 0.3) is 0 Å². The van der Waals surface area contributed by atoms with Crippen molar-refractivity contribution in [3.8, 4) is 6.07 Å². The summed E-state index contributed by atoms with van der Waals surface area (Å²) < 4.78 is 23.5. The molecule has 0 saturated carbocycles. The minimum atomic E-state index is -3.08. The number of nitrogens with zero attached hydrogens (tertiary/aromatic N) is 3. The molecular formula is C17H25IN4O2S. The summed E-state index contributed by atoms with van der Waals surface area (Å²) >= 11 is 0. The van der Waals surface area contributed by atoms with Gasteiger partial charge in [-0.2, -0.15) is 5.26 Å². The topological polar surface area (TPSA) is 85.6 Å². The molecule has 138 valence electrons. The van der Waals surface area contributed by atoms with Gasteiger partial charge in [0.2, 0.25) is 0 Å². The van der Waals surface area contributed by atoms with Crippen LogP contribution in [0.25, 0.3) is 0 Å². The van der Waals surface area contributed by atoms with Crippen LogP contribution in [0.3, 0.4) is 0 Å². The molecule has 1 fully saturated rings. The highest BCUT2D eigenvalue weighted by atomic mass is 127. The number of benzene rings is 1. The number of nitrogens with one attached hydrogen (secondary N) is 1. The Bertz CT molecular complexity index is 769. The predicted octanol–water partition coefficient (Wildman–Crippen LogP) is 2.15. The zero-order chi connectivity index (χ0) is 17.8. The van der Waals surface area contributed by atoms with Crippen molar-refractivity contribution in [1.82, 2.24) is 10.2 Å². The van der Waals surface area contributed by atoms with Crippen molar-refractivity contribution in [1.29, 1.82) is 5.26 Å². The van der Waals surface area contributed by atoms with E-state index in [1.807, 2.05) is 30.0 Å². The molecule has 0 atom stereocenters. The first-order valence-electron chi connectivity index (χ1n) is 8.03. The van der Waals surface area contributed by atoms with Crippen LogP contribution in [0.15, 0.2) is 29.3 Å². The van der Waals surface area contributed by atoms with Crippen LogP contribution in [0.4, 0.5) is 0 Å². The summed E-state index contributed by atoms with van der Waals surface area (Å²) in [7, 11) is -3.08. The van der Waals surface area contributed by atoms with Crippen molar-refractivity contribution in [2.24, 2.45) is 4.99 Å². The maximum atomic E-state index is 12.2. The van der Waals surface area contributed by atoms with Crippen LogP contribution in [0, 0.1) is 11.3 Å². The van der Waals surface area contributed by atoms with E-state index in [2.05, 4.69) is 16.4 Å². The Morgan fingerprint density at radius 3 is 2.76 bits per heavy atom. The fraction of sp³-hybridized carbons (Fsp3) is 0.529. The average Bonchev–Trinajstić information content (AvgIpc) is 2.54. The normalized spacial score (nSPS) is 18.8.